The first kappa shape index (κ1) is 16.2. The van der Waals surface area contributed by atoms with E-state index in [9.17, 15) is 4.79 Å². The van der Waals surface area contributed by atoms with Gasteiger partial charge in [0.2, 0.25) is 0 Å². The molecule has 0 aliphatic rings. The van der Waals surface area contributed by atoms with Crippen LogP contribution in [0.2, 0.25) is 0 Å². The minimum Gasteiger partial charge on any atom is -0.506 e. The van der Waals surface area contributed by atoms with E-state index < -0.39 is 5.60 Å². The van der Waals surface area contributed by atoms with E-state index >= 15 is 0 Å². The zero-order valence-electron chi connectivity index (χ0n) is 12.5. The van der Waals surface area contributed by atoms with Gasteiger partial charge >= 0.3 is 6.09 Å². The van der Waals surface area contributed by atoms with Crippen LogP contribution in [0.5, 0.6) is 5.75 Å². The van der Waals surface area contributed by atoms with Crippen LogP contribution in [0.15, 0.2) is 18.3 Å². The average molecular weight is 281 g/mol. The zero-order valence-corrected chi connectivity index (χ0v) is 12.5. The van der Waals surface area contributed by atoms with Crippen molar-refractivity contribution < 1.29 is 14.6 Å². The topological polar surface area (TPSA) is 74.7 Å². The molecule has 0 radical (unpaired) electrons. The van der Waals surface area contributed by atoms with E-state index in [1.807, 2.05) is 20.8 Å². The van der Waals surface area contributed by atoms with Gasteiger partial charge in [-0.1, -0.05) is 0 Å². The van der Waals surface area contributed by atoms with Gasteiger partial charge in [0.05, 0.1) is 11.9 Å². The minimum absolute atomic E-state index is 0.151. The van der Waals surface area contributed by atoms with E-state index in [1.54, 1.807) is 19.2 Å². The summed E-state index contributed by atoms with van der Waals surface area (Å²) in [5.41, 5.74) is 0.358. The lowest BCUT2D eigenvalue weighted by atomic mass is 10.2. The van der Waals surface area contributed by atoms with Gasteiger partial charge in [0.1, 0.15) is 11.4 Å². The van der Waals surface area contributed by atoms with E-state index in [2.05, 4.69) is 10.3 Å². The molecule has 2 N–H and O–H groups in total. The second-order valence-electron chi connectivity index (χ2n) is 5.59. The van der Waals surface area contributed by atoms with Crippen molar-refractivity contribution in [3.8, 4) is 5.75 Å². The number of likely N-dealkylation sites (N-methyl/N-ethyl adjacent to an activating group) is 1. The molecule has 0 aliphatic heterocycles. The van der Waals surface area contributed by atoms with Gasteiger partial charge in [0.15, 0.2) is 0 Å². The number of aromatic hydroxyl groups is 1. The zero-order chi connectivity index (χ0) is 15.2. The molecule has 1 rings (SSSR count). The summed E-state index contributed by atoms with van der Waals surface area (Å²) >= 11 is 0. The van der Waals surface area contributed by atoms with Gasteiger partial charge in [-0.15, -0.1) is 0 Å². The maximum atomic E-state index is 11.7. The van der Waals surface area contributed by atoms with Crippen molar-refractivity contribution in [2.75, 3.05) is 20.1 Å². The Hall–Kier alpha value is -1.82. The van der Waals surface area contributed by atoms with Crippen LogP contribution in [-0.2, 0) is 11.3 Å². The molecule has 0 aromatic carbocycles. The number of amides is 1. The fourth-order valence-electron chi connectivity index (χ4n) is 1.42. The van der Waals surface area contributed by atoms with Gasteiger partial charge in [0, 0.05) is 26.7 Å². The lowest BCUT2D eigenvalue weighted by Crippen LogP contribution is -2.37. The van der Waals surface area contributed by atoms with Crippen molar-refractivity contribution in [2.45, 2.75) is 32.9 Å². The summed E-state index contributed by atoms with van der Waals surface area (Å²) in [5, 5.41) is 12.3. The van der Waals surface area contributed by atoms with Gasteiger partial charge in [-0.05, 0) is 32.9 Å². The SMILES string of the molecule is CN(CCNCc1ccc(O)cn1)C(=O)OC(C)(C)C. The standard InChI is InChI=1S/C14H23N3O3/c1-14(2,3)20-13(19)17(4)8-7-15-9-11-5-6-12(18)10-16-11/h5-6,10,15,18H,7-9H2,1-4H3. The molecular weight excluding hydrogens is 258 g/mol. The number of carbonyl (C=O) groups is 1. The Morgan fingerprint density at radius 2 is 2.15 bits per heavy atom. The van der Waals surface area contributed by atoms with Crippen LogP contribution in [0.3, 0.4) is 0 Å². The lowest BCUT2D eigenvalue weighted by molar-refractivity contribution is 0.0300. The van der Waals surface area contributed by atoms with E-state index in [0.29, 0.717) is 19.6 Å². The van der Waals surface area contributed by atoms with Gasteiger partial charge in [-0.25, -0.2) is 4.79 Å². The molecule has 0 saturated heterocycles. The van der Waals surface area contributed by atoms with Gasteiger partial charge in [0.25, 0.3) is 0 Å². The van der Waals surface area contributed by atoms with Crippen molar-refractivity contribution in [3.05, 3.63) is 24.0 Å². The lowest BCUT2D eigenvalue weighted by Gasteiger charge is -2.24. The second kappa shape index (κ2) is 7.09. The smallest absolute Gasteiger partial charge is 0.410 e. The summed E-state index contributed by atoms with van der Waals surface area (Å²) in [7, 11) is 1.70. The Balaban J connectivity index is 2.23. The Labute approximate surface area is 119 Å². The normalized spacial score (nSPS) is 11.2. The predicted octanol–water partition coefficient (Wildman–Crippen LogP) is 1.74. The molecule has 6 heteroatoms. The molecule has 6 nitrogen and oxygen atoms in total. The van der Waals surface area contributed by atoms with Crippen LogP contribution < -0.4 is 5.32 Å². The molecule has 1 aromatic rings. The van der Waals surface area contributed by atoms with Crippen molar-refractivity contribution in [1.82, 2.24) is 15.2 Å². The Morgan fingerprint density at radius 1 is 1.45 bits per heavy atom. The third-order valence-electron chi connectivity index (χ3n) is 2.44. The number of nitrogens with one attached hydrogen (secondary N) is 1. The number of aromatic nitrogens is 1. The number of ether oxygens (including phenoxy) is 1. The molecule has 1 amide bonds. The summed E-state index contributed by atoms with van der Waals surface area (Å²) in [6.07, 6.45) is 1.08. The fourth-order valence-corrected chi connectivity index (χ4v) is 1.42. The van der Waals surface area contributed by atoms with Crippen LogP contribution in [-0.4, -0.2) is 46.8 Å². The first-order valence-corrected chi connectivity index (χ1v) is 6.56. The first-order valence-electron chi connectivity index (χ1n) is 6.56. The van der Waals surface area contributed by atoms with E-state index in [1.165, 1.54) is 11.1 Å². The quantitative estimate of drug-likeness (QED) is 0.804. The summed E-state index contributed by atoms with van der Waals surface area (Å²) in [6.45, 7) is 7.29. The largest absolute Gasteiger partial charge is 0.506 e. The van der Waals surface area contributed by atoms with Crippen LogP contribution in [0.1, 0.15) is 26.5 Å². The van der Waals surface area contributed by atoms with Crippen molar-refractivity contribution in [2.24, 2.45) is 0 Å². The highest BCUT2D eigenvalue weighted by Crippen LogP contribution is 2.08. The molecule has 0 fully saturated rings. The van der Waals surface area contributed by atoms with Crippen LogP contribution in [0.25, 0.3) is 0 Å². The summed E-state index contributed by atoms with van der Waals surface area (Å²) in [4.78, 5) is 17.3. The van der Waals surface area contributed by atoms with Crippen LogP contribution in [0, 0.1) is 0 Å². The third-order valence-corrected chi connectivity index (χ3v) is 2.44. The third kappa shape index (κ3) is 6.38. The number of nitrogens with zero attached hydrogens (tertiary/aromatic N) is 2. The Bertz CT molecular complexity index is 426. The molecule has 1 aromatic heterocycles. The molecule has 0 unspecified atom stereocenters. The highest BCUT2D eigenvalue weighted by molar-refractivity contribution is 5.67. The summed E-state index contributed by atoms with van der Waals surface area (Å²) < 4.78 is 5.25. The second-order valence-corrected chi connectivity index (χ2v) is 5.59. The number of carbonyl (C=O) groups excluding carboxylic acids is 1. The molecule has 0 spiro atoms. The maximum absolute atomic E-state index is 11.7. The molecule has 112 valence electrons. The number of pyridine rings is 1. The summed E-state index contributed by atoms with van der Waals surface area (Å²) in [6, 6.07) is 3.34. The van der Waals surface area contributed by atoms with Crippen molar-refractivity contribution in [1.29, 1.82) is 0 Å². The maximum Gasteiger partial charge on any atom is 0.410 e. The molecule has 0 saturated carbocycles. The van der Waals surface area contributed by atoms with Gasteiger partial charge in [-0.3, -0.25) is 4.98 Å². The van der Waals surface area contributed by atoms with Gasteiger partial charge < -0.3 is 20.1 Å². The summed E-state index contributed by atoms with van der Waals surface area (Å²) in [5.74, 6) is 0.151. The number of rotatable bonds is 5. The van der Waals surface area contributed by atoms with Crippen molar-refractivity contribution >= 4 is 6.09 Å². The molecule has 20 heavy (non-hydrogen) atoms. The number of hydrogen-bond acceptors (Lipinski definition) is 5. The fraction of sp³-hybridized carbons (Fsp3) is 0.571. The monoisotopic (exact) mass is 281 g/mol. The first-order chi connectivity index (χ1) is 9.28. The highest BCUT2D eigenvalue weighted by atomic mass is 16.6. The van der Waals surface area contributed by atoms with Crippen LogP contribution in [0.4, 0.5) is 4.79 Å². The highest BCUT2D eigenvalue weighted by Gasteiger charge is 2.18. The van der Waals surface area contributed by atoms with Crippen LogP contribution >= 0.6 is 0 Å². The minimum atomic E-state index is -0.477. The Morgan fingerprint density at radius 3 is 2.70 bits per heavy atom. The Kier molecular flexibility index (Phi) is 5.76. The van der Waals surface area contributed by atoms with Crippen molar-refractivity contribution in [3.63, 3.8) is 0 Å². The van der Waals surface area contributed by atoms with E-state index in [-0.39, 0.29) is 11.8 Å². The molecular formula is C14H23N3O3. The van der Waals surface area contributed by atoms with Gasteiger partial charge in [-0.2, -0.15) is 0 Å². The molecule has 0 atom stereocenters. The van der Waals surface area contributed by atoms with E-state index in [0.717, 1.165) is 5.69 Å². The predicted molar refractivity (Wildman–Crippen MR) is 76.5 cm³/mol. The average Bonchev–Trinajstić information content (AvgIpc) is 2.34. The molecule has 1 heterocycles. The molecule has 0 bridgehead atoms. The van der Waals surface area contributed by atoms with E-state index in [4.69, 9.17) is 9.84 Å². The number of hydrogen-bond donors (Lipinski definition) is 2. The molecule has 0 aliphatic carbocycles.